The summed E-state index contributed by atoms with van der Waals surface area (Å²) < 4.78 is 25.5. The summed E-state index contributed by atoms with van der Waals surface area (Å²) in [4.78, 5) is 24.7. The number of hydrazone groups is 1. The standard InChI is InChI=1S/C20H18ClF2N3O2S/c21-14-7-4-8-16(19(14)29-20(22)23)24-17(27)9-10-18(28)26-12-11-15(25-26)13-5-2-1-3-6-13/h1-8,20H,9-12H2,(H,24,27). The molecule has 2 amide bonds. The number of hydrogen-bond donors (Lipinski definition) is 1. The number of carbonyl (C=O) groups is 2. The van der Waals surface area contributed by atoms with Crippen LogP contribution in [0.25, 0.3) is 0 Å². The van der Waals surface area contributed by atoms with Crippen LogP contribution in [0.4, 0.5) is 14.5 Å². The second-order valence-corrected chi connectivity index (χ2v) is 7.63. The van der Waals surface area contributed by atoms with Gasteiger partial charge in [-0.3, -0.25) is 9.59 Å². The Morgan fingerprint density at radius 3 is 2.62 bits per heavy atom. The van der Waals surface area contributed by atoms with Crippen LogP contribution in [-0.4, -0.2) is 34.8 Å². The summed E-state index contributed by atoms with van der Waals surface area (Å²) in [6, 6.07) is 14.1. The van der Waals surface area contributed by atoms with Gasteiger partial charge in [0.15, 0.2) is 0 Å². The molecular formula is C20H18ClF2N3O2S. The molecule has 0 saturated carbocycles. The number of halogens is 3. The first kappa shape index (κ1) is 21.3. The first-order valence-corrected chi connectivity index (χ1v) is 10.2. The first-order chi connectivity index (χ1) is 13.9. The topological polar surface area (TPSA) is 61.8 Å². The molecule has 2 aromatic rings. The molecular weight excluding hydrogens is 420 g/mol. The van der Waals surface area contributed by atoms with Crippen molar-refractivity contribution < 1.29 is 18.4 Å². The number of benzene rings is 2. The van der Waals surface area contributed by atoms with E-state index in [0.29, 0.717) is 13.0 Å². The highest BCUT2D eigenvalue weighted by molar-refractivity contribution is 7.99. The Labute approximate surface area is 176 Å². The zero-order chi connectivity index (χ0) is 20.8. The summed E-state index contributed by atoms with van der Waals surface area (Å²) >= 11 is 6.22. The molecule has 152 valence electrons. The molecule has 0 atom stereocenters. The van der Waals surface area contributed by atoms with Crippen molar-refractivity contribution in [1.29, 1.82) is 0 Å². The van der Waals surface area contributed by atoms with Gasteiger partial charge in [0.1, 0.15) is 0 Å². The Balaban J connectivity index is 1.56. The minimum absolute atomic E-state index is 0.0324. The maximum Gasteiger partial charge on any atom is 0.289 e. The highest BCUT2D eigenvalue weighted by Crippen LogP contribution is 2.37. The summed E-state index contributed by atoms with van der Waals surface area (Å²) in [6.07, 6.45) is 0.533. The van der Waals surface area contributed by atoms with Crippen molar-refractivity contribution in [2.45, 2.75) is 29.9 Å². The van der Waals surface area contributed by atoms with Gasteiger partial charge in [-0.05, 0) is 17.7 Å². The quantitative estimate of drug-likeness (QED) is 0.619. The fourth-order valence-electron chi connectivity index (χ4n) is 2.85. The van der Waals surface area contributed by atoms with Crippen molar-refractivity contribution in [1.82, 2.24) is 5.01 Å². The number of anilines is 1. The van der Waals surface area contributed by atoms with Gasteiger partial charge in [0.25, 0.3) is 5.76 Å². The van der Waals surface area contributed by atoms with Crippen LogP contribution in [0.1, 0.15) is 24.8 Å². The third-order valence-corrected chi connectivity index (χ3v) is 5.49. The largest absolute Gasteiger partial charge is 0.325 e. The monoisotopic (exact) mass is 437 g/mol. The fraction of sp³-hybridized carbons (Fsp3) is 0.250. The van der Waals surface area contributed by atoms with Crippen LogP contribution in [0, 0.1) is 0 Å². The molecule has 5 nitrogen and oxygen atoms in total. The van der Waals surface area contributed by atoms with E-state index in [0.717, 1.165) is 11.3 Å². The second-order valence-electron chi connectivity index (χ2n) is 6.22. The lowest BCUT2D eigenvalue weighted by molar-refractivity contribution is -0.132. The molecule has 1 heterocycles. The van der Waals surface area contributed by atoms with E-state index in [-0.39, 0.29) is 46.1 Å². The molecule has 0 spiro atoms. The van der Waals surface area contributed by atoms with E-state index in [1.807, 2.05) is 30.3 Å². The lowest BCUT2D eigenvalue weighted by Gasteiger charge is -2.13. The van der Waals surface area contributed by atoms with Gasteiger partial charge >= 0.3 is 0 Å². The predicted molar refractivity (Wildman–Crippen MR) is 110 cm³/mol. The second kappa shape index (κ2) is 9.84. The number of nitrogens with one attached hydrogen (secondary N) is 1. The minimum atomic E-state index is -2.67. The highest BCUT2D eigenvalue weighted by atomic mass is 35.5. The summed E-state index contributed by atoms with van der Waals surface area (Å²) in [6.45, 7) is 0.466. The van der Waals surface area contributed by atoms with E-state index in [1.165, 1.54) is 17.1 Å². The van der Waals surface area contributed by atoms with Crippen LogP contribution < -0.4 is 5.32 Å². The van der Waals surface area contributed by atoms with Gasteiger partial charge in [-0.15, -0.1) is 0 Å². The highest BCUT2D eigenvalue weighted by Gasteiger charge is 2.22. The van der Waals surface area contributed by atoms with Crippen molar-refractivity contribution in [3.05, 3.63) is 59.1 Å². The van der Waals surface area contributed by atoms with Crippen molar-refractivity contribution in [3.8, 4) is 0 Å². The van der Waals surface area contributed by atoms with Gasteiger partial charge in [-0.25, -0.2) is 5.01 Å². The number of alkyl halides is 2. The summed E-state index contributed by atoms with van der Waals surface area (Å²) in [5.74, 6) is -3.39. The number of carbonyl (C=O) groups excluding carboxylic acids is 2. The van der Waals surface area contributed by atoms with Gasteiger partial charge in [0.05, 0.1) is 27.9 Å². The van der Waals surface area contributed by atoms with Gasteiger partial charge in [0, 0.05) is 19.3 Å². The van der Waals surface area contributed by atoms with E-state index in [9.17, 15) is 18.4 Å². The maximum absolute atomic E-state index is 12.7. The van der Waals surface area contributed by atoms with Crippen LogP contribution in [-0.2, 0) is 9.59 Å². The molecule has 0 unspecified atom stereocenters. The molecule has 0 aliphatic carbocycles. The van der Waals surface area contributed by atoms with Crippen molar-refractivity contribution >= 4 is 46.6 Å². The smallest absolute Gasteiger partial charge is 0.289 e. The van der Waals surface area contributed by atoms with Crippen LogP contribution in [0.5, 0.6) is 0 Å². The van der Waals surface area contributed by atoms with Gasteiger partial charge in [-0.2, -0.15) is 13.9 Å². The molecule has 0 radical (unpaired) electrons. The van der Waals surface area contributed by atoms with Gasteiger partial charge in [0.2, 0.25) is 11.8 Å². The number of amides is 2. The SMILES string of the molecule is O=C(CCC(=O)N1CCC(c2ccccc2)=N1)Nc1cccc(Cl)c1SC(F)F. The molecule has 1 N–H and O–H groups in total. The summed E-state index contributed by atoms with van der Waals surface area (Å²) in [5, 5.41) is 8.39. The van der Waals surface area contributed by atoms with Crippen molar-refractivity contribution in [2.75, 3.05) is 11.9 Å². The average molecular weight is 438 g/mol. The Hall–Kier alpha value is -2.45. The maximum atomic E-state index is 12.7. The van der Waals surface area contributed by atoms with Crippen LogP contribution in [0.3, 0.4) is 0 Å². The van der Waals surface area contributed by atoms with Crippen LogP contribution in [0.15, 0.2) is 58.5 Å². The number of rotatable bonds is 7. The molecule has 0 bridgehead atoms. The van der Waals surface area contributed by atoms with Crippen LogP contribution in [0.2, 0.25) is 5.02 Å². The predicted octanol–water partition coefficient (Wildman–Crippen LogP) is 5.01. The number of hydrogen-bond acceptors (Lipinski definition) is 4. The third-order valence-electron chi connectivity index (χ3n) is 4.21. The molecule has 29 heavy (non-hydrogen) atoms. The van der Waals surface area contributed by atoms with E-state index in [2.05, 4.69) is 10.4 Å². The zero-order valence-electron chi connectivity index (χ0n) is 15.3. The lowest BCUT2D eigenvalue weighted by atomic mass is 10.1. The van der Waals surface area contributed by atoms with Crippen molar-refractivity contribution in [3.63, 3.8) is 0 Å². The van der Waals surface area contributed by atoms with Gasteiger partial charge < -0.3 is 5.32 Å². The van der Waals surface area contributed by atoms with Crippen molar-refractivity contribution in [2.24, 2.45) is 5.10 Å². The number of nitrogens with zero attached hydrogens (tertiary/aromatic N) is 2. The summed E-state index contributed by atoms with van der Waals surface area (Å²) in [7, 11) is 0. The number of thioether (sulfide) groups is 1. The molecule has 1 aliphatic rings. The Kier molecular flexibility index (Phi) is 7.22. The molecule has 9 heteroatoms. The Morgan fingerprint density at radius 1 is 1.14 bits per heavy atom. The Bertz CT molecular complexity index is 925. The fourth-order valence-corrected chi connectivity index (χ4v) is 3.76. The molecule has 0 aromatic heterocycles. The van der Waals surface area contributed by atoms with E-state index in [1.54, 1.807) is 6.07 Å². The lowest BCUT2D eigenvalue weighted by Crippen LogP contribution is -2.25. The van der Waals surface area contributed by atoms with Crippen LogP contribution >= 0.6 is 23.4 Å². The molecule has 0 fully saturated rings. The first-order valence-electron chi connectivity index (χ1n) is 8.90. The van der Waals surface area contributed by atoms with E-state index < -0.39 is 11.7 Å². The zero-order valence-corrected chi connectivity index (χ0v) is 16.9. The molecule has 2 aromatic carbocycles. The average Bonchev–Trinajstić information content (AvgIpc) is 3.20. The molecule has 3 rings (SSSR count). The Morgan fingerprint density at radius 2 is 1.90 bits per heavy atom. The molecule has 1 aliphatic heterocycles. The third kappa shape index (κ3) is 5.77. The van der Waals surface area contributed by atoms with E-state index >= 15 is 0 Å². The normalized spacial score (nSPS) is 13.5. The van der Waals surface area contributed by atoms with Gasteiger partial charge in [-0.1, -0.05) is 59.8 Å². The van der Waals surface area contributed by atoms with E-state index in [4.69, 9.17) is 11.6 Å². The molecule has 0 saturated heterocycles. The minimum Gasteiger partial charge on any atom is -0.325 e. The summed E-state index contributed by atoms with van der Waals surface area (Å²) in [5.41, 5.74) is 1.99.